The second kappa shape index (κ2) is 5.17. The normalized spacial score (nSPS) is 11.7. The standard InChI is InChI=1S/C10H9BrFN3O2S/c11-9-5-13-15-10(9)6-14-18(16,17)8-3-1-7(12)2-4-8/h1-5,14H,6H2,(H,13,15). The van der Waals surface area contributed by atoms with Crippen LogP contribution in [0.4, 0.5) is 4.39 Å². The van der Waals surface area contributed by atoms with Crippen LogP contribution in [-0.4, -0.2) is 18.6 Å². The minimum atomic E-state index is -3.66. The van der Waals surface area contributed by atoms with Gasteiger partial charge in [0, 0.05) is 0 Å². The molecule has 8 heteroatoms. The van der Waals surface area contributed by atoms with Gasteiger partial charge < -0.3 is 0 Å². The van der Waals surface area contributed by atoms with E-state index in [9.17, 15) is 12.8 Å². The van der Waals surface area contributed by atoms with Crippen LogP contribution < -0.4 is 4.72 Å². The Hall–Kier alpha value is -1.25. The summed E-state index contributed by atoms with van der Waals surface area (Å²) in [7, 11) is -3.66. The molecule has 0 unspecified atom stereocenters. The van der Waals surface area contributed by atoms with Crippen LogP contribution in [0, 0.1) is 5.82 Å². The maximum atomic E-state index is 12.7. The molecule has 5 nitrogen and oxygen atoms in total. The van der Waals surface area contributed by atoms with Gasteiger partial charge in [0.15, 0.2) is 0 Å². The fourth-order valence-electron chi connectivity index (χ4n) is 1.29. The molecule has 0 radical (unpaired) electrons. The van der Waals surface area contributed by atoms with Crippen LogP contribution in [0.3, 0.4) is 0 Å². The number of nitrogens with one attached hydrogen (secondary N) is 2. The Morgan fingerprint density at radius 1 is 1.33 bits per heavy atom. The Bertz CT molecular complexity index is 639. The van der Waals surface area contributed by atoms with Crippen LogP contribution in [0.5, 0.6) is 0 Å². The van der Waals surface area contributed by atoms with Crippen LogP contribution >= 0.6 is 15.9 Å². The average molecular weight is 334 g/mol. The molecular weight excluding hydrogens is 325 g/mol. The van der Waals surface area contributed by atoms with Crippen molar-refractivity contribution in [2.45, 2.75) is 11.4 Å². The first-order valence-corrected chi connectivity index (χ1v) is 7.19. The summed E-state index contributed by atoms with van der Waals surface area (Å²) in [6.07, 6.45) is 1.53. The number of hydrogen-bond donors (Lipinski definition) is 2. The zero-order chi connectivity index (χ0) is 13.2. The summed E-state index contributed by atoms with van der Waals surface area (Å²) in [5, 5.41) is 6.41. The van der Waals surface area contributed by atoms with E-state index in [1.807, 2.05) is 0 Å². The lowest BCUT2D eigenvalue weighted by Gasteiger charge is -2.05. The van der Waals surface area contributed by atoms with Gasteiger partial charge in [-0.25, -0.2) is 17.5 Å². The van der Waals surface area contributed by atoms with E-state index < -0.39 is 15.8 Å². The molecule has 1 aromatic heterocycles. The molecule has 2 rings (SSSR count). The van der Waals surface area contributed by atoms with Crippen LogP contribution in [-0.2, 0) is 16.6 Å². The first-order valence-electron chi connectivity index (χ1n) is 4.92. The Balaban J connectivity index is 2.13. The van der Waals surface area contributed by atoms with Crippen LogP contribution in [0.25, 0.3) is 0 Å². The maximum absolute atomic E-state index is 12.7. The van der Waals surface area contributed by atoms with Crippen molar-refractivity contribution < 1.29 is 12.8 Å². The highest BCUT2D eigenvalue weighted by Gasteiger charge is 2.14. The molecule has 0 amide bonds. The minimum absolute atomic E-state index is 0.0135. The van der Waals surface area contributed by atoms with Gasteiger partial charge in [0.1, 0.15) is 5.82 Å². The van der Waals surface area contributed by atoms with Crippen molar-refractivity contribution in [2.75, 3.05) is 0 Å². The lowest BCUT2D eigenvalue weighted by atomic mass is 10.4. The van der Waals surface area contributed by atoms with Crippen molar-refractivity contribution >= 4 is 26.0 Å². The summed E-state index contributed by atoms with van der Waals surface area (Å²) in [6.45, 7) is 0.0697. The molecule has 0 saturated heterocycles. The van der Waals surface area contributed by atoms with Crippen LogP contribution in [0.1, 0.15) is 5.69 Å². The molecule has 0 aliphatic rings. The van der Waals surface area contributed by atoms with E-state index >= 15 is 0 Å². The zero-order valence-electron chi connectivity index (χ0n) is 9.02. The number of benzene rings is 1. The summed E-state index contributed by atoms with van der Waals surface area (Å²) in [6, 6.07) is 4.61. The van der Waals surface area contributed by atoms with Gasteiger partial charge in [0.2, 0.25) is 10.0 Å². The first-order chi connectivity index (χ1) is 8.49. The van der Waals surface area contributed by atoms with Crippen LogP contribution in [0.2, 0.25) is 0 Å². The van der Waals surface area contributed by atoms with Crippen molar-refractivity contribution in [3.63, 3.8) is 0 Å². The molecule has 96 valence electrons. The van der Waals surface area contributed by atoms with E-state index in [-0.39, 0.29) is 11.4 Å². The molecule has 0 saturated carbocycles. The second-order valence-corrected chi connectivity index (χ2v) is 6.10. The zero-order valence-corrected chi connectivity index (χ0v) is 11.4. The molecule has 1 aromatic carbocycles. The Labute approximate surface area is 112 Å². The van der Waals surface area contributed by atoms with Crippen molar-refractivity contribution in [2.24, 2.45) is 0 Å². The SMILES string of the molecule is O=S(=O)(NCc1[nH]ncc1Br)c1ccc(F)cc1. The molecule has 1 heterocycles. The quantitative estimate of drug-likeness (QED) is 0.895. The number of hydrogen-bond acceptors (Lipinski definition) is 3. The van der Waals surface area contributed by atoms with E-state index in [4.69, 9.17) is 0 Å². The predicted molar refractivity (Wildman–Crippen MR) is 66.7 cm³/mol. The summed E-state index contributed by atoms with van der Waals surface area (Å²) >= 11 is 3.22. The molecule has 0 aliphatic carbocycles. The molecule has 2 N–H and O–H groups in total. The van der Waals surface area contributed by atoms with Gasteiger partial charge in [-0.15, -0.1) is 0 Å². The predicted octanol–water partition coefficient (Wildman–Crippen LogP) is 1.79. The van der Waals surface area contributed by atoms with Crippen molar-refractivity contribution in [1.29, 1.82) is 0 Å². The molecule has 0 aliphatic heterocycles. The number of aromatic amines is 1. The lowest BCUT2D eigenvalue weighted by Crippen LogP contribution is -2.23. The van der Waals surface area contributed by atoms with E-state index in [2.05, 4.69) is 30.8 Å². The van der Waals surface area contributed by atoms with Gasteiger partial charge in [-0.2, -0.15) is 5.10 Å². The van der Waals surface area contributed by atoms with Gasteiger partial charge in [-0.3, -0.25) is 5.10 Å². The Morgan fingerprint density at radius 2 is 2.00 bits per heavy atom. The number of aromatic nitrogens is 2. The molecule has 0 spiro atoms. The summed E-state index contributed by atoms with van der Waals surface area (Å²) in [5.41, 5.74) is 0.612. The lowest BCUT2D eigenvalue weighted by molar-refractivity contribution is 0.579. The summed E-state index contributed by atoms with van der Waals surface area (Å²) < 4.78 is 39.5. The number of sulfonamides is 1. The topological polar surface area (TPSA) is 74.8 Å². The number of rotatable bonds is 4. The monoisotopic (exact) mass is 333 g/mol. The highest BCUT2D eigenvalue weighted by atomic mass is 79.9. The largest absolute Gasteiger partial charge is 0.280 e. The third-order valence-corrected chi connectivity index (χ3v) is 4.33. The van der Waals surface area contributed by atoms with E-state index in [0.29, 0.717) is 10.2 Å². The third-order valence-electron chi connectivity index (χ3n) is 2.23. The fraction of sp³-hybridized carbons (Fsp3) is 0.100. The molecule has 18 heavy (non-hydrogen) atoms. The van der Waals surface area contributed by atoms with Crippen molar-refractivity contribution in [1.82, 2.24) is 14.9 Å². The minimum Gasteiger partial charge on any atom is -0.280 e. The molecule has 0 fully saturated rings. The fourth-order valence-corrected chi connectivity index (χ4v) is 2.61. The second-order valence-electron chi connectivity index (χ2n) is 3.47. The number of nitrogens with zero attached hydrogens (tertiary/aromatic N) is 1. The van der Waals surface area contributed by atoms with Gasteiger partial charge in [0.25, 0.3) is 0 Å². The third kappa shape index (κ3) is 2.95. The maximum Gasteiger partial charge on any atom is 0.240 e. The van der Waals surface area contributed by atoms with E-state index in [0.717, 1.165) is 12.1 Å². The van der Waals surface area contributed by atoms with Gasteiger partial charge in [-0.1, -0.05) is 0 Å². The molecular formula is C10H9BrFN3O2S. The van der Waals surface area contributed by atoms with E-state index in [1.54, 1.807) is 0 Å². The Morgan fingerprint density at radius 3 is 2.56 bits per heavy atom. The first kappa shape index (κ1) is 13.2. The molecule has 2 aromatic rings. The van der Waals surface area contributed by atoms with Gasteiger partial charge in [-0.05, 0) is 40.2 Å². The highest BCUT2D eigenvalue weighted by molar-refractivity contribution is 9.10. The van der Waals surface area contributed by atoms with E-state index in [1.165, 1.54) is 18.3 Å². The summed E-state index contributed by atoms with van der Waals surface area (Å²) in [5.74, 6) is -0.481. The van der Waals surface area contributed by atoms with Crippen molar-refractivity contribution in [3.05, 3.63) is 46.4 Å². The highest BCUT2D eigenvalue weighted by Crippen LogP contribution is 2.14. The van der Waals surface area contributed by atoms with Crippen LogP contribution in [0.15, 0.2) is 39.8 Å². The Kier molecular flexibility index (Phi) is 3.79. The number of H-pyrrole nitrogens is 1. The van der Waals surface area contributed by atoms with Crippen molar-refractivity contribution in [3.8, 4) is 0 Å². The molecule has 0 atom stereocenters. The molecule has 0 bridgehead atoms. The smallest absolute Gasteiger partial charge is 0.240 e. The van der Waals surface area contributed by atoms with Gasteiger partial charge in [0.05, 0.1) is 27.8 Å². The summed E-state index contributed by atoms with van der Waals surface area (Å²) in [4.78, 5) is 0.0135. The average Bonchev–Trinajstić information content (AvgIpc) is 2.73. The number of halogens is 2. The van der Waals surface area contributed by atoms with Gasteiger partial charge >= 0.3 is 0 Å².